The van der Waals surface area contributed by atoms with E-state index in [2.05, 4.69) is 5.43 Å². The molecule has 0 heterocycles. The molecule has 2 rings (SSSR count). The third kappa shape index (κ3) is 3.30. The van der Waals surface area contributed by atoms with Crippen LogP contribution in [0.5, 0.6) is 0 Å². The molecule has 0 bridgehead atoms. The van der Waals surface area contributed by atoms with Gasteiger partial charge in [0.25, 0.3) is 0 Å². The first-order valence-electron chi connectivity index (χ1n) is 5.86. The summed E-state index contributed by atoms with van der Waals surface area (Å²) >= 11 is 5.68. The van der Waals surface area contributed by atoms with Gasteiger partial charge in [-0.1, -0.05) is 23.7 Å². The molecule has 0 saturated carbocycles. The molecule has 2 aromatic rings. The van der Waals surface area contributed by atoms with Gasteiger partial charge in [0.15, 0.2) is 11.6 Å². The Morgan fingerprint density at radius 2 is 1.75 bits per heavy atom. The minimum Gasteiger partial charge on any atom is -0.271 e. The van der Waals surface area contributed by atoms with Crippen LogP contribution in [0.25, 0.3) is 0 Å². The largest absolute Gasteiger partial charge is 0.271 e. The van der Waals surface area contributed by atoms with Crippen LogP contribution in [0.15, 0.2) is 36.4 Å². The van der Waals surface area contributed by atoms with Gasteiger partial charge in [-0.3, -0.25) is 11.3 Å². The molecule has 106 valence electrons. The van der Waals surface area contributed by atoms with Gasteiger partial charge in [0.05, 0.1) is 6.04 Å². The van der Waals surface area contributed by atoms with E-state index in [0.717, 1.165) is 12.1 Å². The summed E-state index contributed by atoms with van der Waals surface area (Å²) in [5, 5.41) is 0.273. The van der Waals surface area contributed by atoms with Crippen molar-refractivity contribution in [3.63, 3.8) is 0 Å². The molecule has 0 radical (unpaired) electrons. The second-order valence-corrected chi connectivity index (χ2v) is 4.77. The summed E-state index contributed by atoms with van der Waals surface area (Å²) in [6.07, 6.45) is 0.215. The summed E-state index contributed by atoms with van der Waals surface area (Å²) in [5.74, 6) is 3.02. The molecule has 2 nitrogen and oxygen atoms in total. The number of hydrazine groups is 1. The Morgan fingerprint density at radius 1 is 1.00 bits per heavy atom. The van der Waals surface area contributed by atoms with Gasteiger partial charge in [0.1, 0.15) is 5.82 Å². The van der Waals surface area contributed by atoms with Crippen molar-refractivity contribution in [1.29, 1.82) is 0 Å². The van der Waals surface area contributed by atoms with Crippen molar-refractivity contribution in [2.24, 2.45) is 5.84 Å². The summed E-state index contributed by atoms with van der Waals surface area (Å²) < 4.78 is 39.8. The van der Waals surface area contributed by atoms with Crippen LogP contribution in [-0.4, -0.2) is 0 Å². The van der Waals surface area contributed by atoms with Crippen LogP contribution in [0.4, 0.5) is 13.2 Å². The highest BCUT2D eigenvalue weighted by Gasteiger charge is 2.16. The first-order valence-corrected chi connectivity index (χ1v) is 6.24. The Labute approximate surface area is 119 Å². The molecule has 3 N–H and O–H groups in total. The van der Waals surface area contributed by atoms with E-state index in [1.165, 1.54) is 24.3 Å². The molecule has 0 aliphatic rings. The molecule has 0 aliphatic heterocycles. The summed E-state index contributed by atoms with van der Waals surface area (Å²) in [4.78, 5) is 0. The van der Waals surface area contributed by atoms with Gasteiger partial charge in [-0.15, -0.1) is 0 Å². The lowest BCUT2D eigenvalue weighted by Crippen LogP contribution is -2.30. The van der Waals surface area contributed by atoms with Crippen molar-refractivity contribution in [2.45, 2.75) is 12.5 Å². The Morgan fingerprint density at radius 3 is 2.35 bits per heavy atom. The molecular formula is C14H12ClF3N2. The average molecular weight is 301 g/mol. The van der Waals surface area contributed by atoms with E-state index in [1.54, 1.807) is 0 Å². The van der Waals surface area contributed by atoms with Crippen molar-refractivity contribution in [1.82, 2.24) is 5.43 Å². The zero-order valence-electron chi connectivity index (χ0n) is 10.3. The van der Waals surface area contributed by atoms with E-state index in [1.807, 2.05) is 0 Å². The highest BCUT2D eigenvalue weighted by molar-refractivity contribution is 6.30. The van der Waals surface area contributed by atoms with E-state index in [0.29, 0.717) is 11.1 Å². The number of hydrogen-bond donors (Lipinski definition) is 2. The number of hydrogen-bond acceptors (Lipinski definition) is 2. The summed E-state index contributed by atoms with van der Waals surface area (Å²) in [7, 11) is 0. The molecule has 6 heteroatoms. The van der Waals surface area contributed by atoms with Gasteiger partial charge in [-0.25, -0.2) is 13.2 Å². The first-order chi connectivity index (χ1) is 9.51. The highest BCUT2D eigenvalue weighted by Crippen LogP contribution is 2.24. The topological polar surface area (TPSA) is 38.0 Å². The van der Waals surface area contributed by atoms with Crippen LogP contribution in [0, 0.1) is 17.5 Å². The zero-order valence-corrected chi connectivity index (χ0v) is 11.1. The first kappa shape index (κ1) is 14.8. The summed E-state index contributed by atoms with van der Waals surface area (Å²) in [6, 6.07) is 7.15. The fourth-order valence-corrected chi connectivity index (χ4v) is 2.10. The second-order valence-electron chi connectivity index (χ2n) is 4.34. The summed E-state index contributed by atoms with van der Waals surface area (Å²) in [6.45, 7) is 0. The third-order valence-electron chi connectivity index (χ3n) is 2.96. The number of halogens is 4. The van der Waals surface area contributed by atoms with E-state index < -0.39 is 23.5 Å². The van der Waals surface area contributed by atoms with Gasteiger partial charge in [-0.2, -0.15) is 0 Å². The van der Waals surface area contributed by atoms with Crippen LogP contribution in [0.1, 0.15) is 17.2 Å². The molecule has 2 aromatic carbocycles. The molecule has 0 aromatic heterocycles. The van der Waals surface area contributed by atoms with E-state index in [4.69, 9.17) is 17.4 Å². The van der Waals surface area contributed by atoms with Crippen LogP contribution in [0.3, 0.4) is 0 Å². The van der Waals surface area contributed by atoms with Crippen molar-refractivity contribution >= 4 is 11.6 Å². The molecule has 1 unspecified atom stereocenters. The Kier molecular flexibility index (Phi) is 4.65. The third-order valence-corrected chi connectivity index (χ3v) is 3.20. The molecule has 0 saturated heterocycles. The van der Waals surface area contributed by atoms with Crippen molar-refractivity contribution in [3.05, 3.63) is 70.0 Å². The lowest BCUT2D eigenvalue weighted by Gasteiger charge is -2.17. The molecule has 0 aliphatic carbocycles. The maximum atomic E-state index is 13.8. The lowest BCUT2D eigenvalue weighted by atomic mass is 9.99. The predicted octanol–water partition coefficient (Wildman–Crippen LogP) is 3.50. The number of nitrogens with two attached hydrogens (primary N) is 1. The van der Waals surface area contributed by atoms with Gasteiger partial charge in [-0.05, 0) is 36.2 Å². The van der Waals surface area contributed by atoms with Crippen molar-refractivity contribution < 1.29 is 13.2 Å². The van der Waals surface area contributed by atoms with Crippen LogP contribution < -0.4 is 11.3 Å². The average Bonchev–Trinajstić information content (AvgIpc) is 2.41. The molecule has 0 spiro atoms. The van der Waals surface area contributed by atoms with Gasteiger partial charge in [0, 0.05) is 10.6 Å². The zero-order chi connectivity index (χ0) is 14.7. The fourth-order valence-electron chi connectivity index (χ4n) is 1.95. The maximum absolute atomic E-state index is 13.8. The highest BCUT2D eigenvalue weighted by atomic mass is 35.5. The van der Waals surface area contributed by atoms with Crippen molar-refractivity contribution in [3.8, 4) is 0 Å². The molecule has 0 fully saturated rings. The Hall–Kier alpha value is -1.56. The number of rotatable bonds is 4. The quantitative estimate of drug-likeness (QED) is 0.670. The maximum Gasteiger partial charge on any atom is 0.159 e. The Bertz CT molecular complexity index is 619. The SMILES string of the molecule is NNC(Cc1ccc(F)c(F)c1)c1ccc(Cl)cc1F. The van der Waals surface area contributed by atoms with Crippen LogP contribution in [-0.2, 0) is 6.42 Å². The lowest BCUT2D eigenvalue weighted by molar-refractivity contribution is 0.495. The number of nitrogens with one attached hydrogen (secondary N) is 1. The van der Waals surface area contributed by atoms with E-state index >= 15 is 0 Å². The predicted molar refractivity (Wildman–Crippen MR) is 71.5 cm³/mol. The van der Waals surface area contributed by atoms with Crippen LogP contribution in [0.2, 0.25) is 5.02 Å². The molecule has 0 amide bonds. The monoisotopic (exact) mass is 300 g/mol. The summed E-state index contributed by atoms with van der Waals surface area (Å²) in [5.41, 5.74) is 3.27. The van der Waals surface area contributed by atoms with E-state index in [-0.39, 0.29) is 11.4 Å². The van der Waals surface area contributed by atoms with Crippen LogP contribution >= 0.6 is 11.6 Å². The Balaban J connectivity index is 2.26. The molecule has 1 atom stereocenters. The number of benzene rings is 2. The van der Waals surface area contributed by atoms with Gasteiger partial charge >= 0.3 is 0 Å². The second kappa shape index (κ2) is 6.26. The van der Waals surface area contributed by atoms with Gasteiger partial charge in [0.2, 0.25) is 0 Å². The molecule has 20 heavy (non-hydrogen) atoms. The van der Waals surface area contributed by atoms with Crippen molar-refractivity contribution in [2.75, 3.05) is 0 Å². The smallest absolute Gasteiger partial charge is 0.159 e. The standard InChI is InChI=1S/C14H12ClF3N2/c15-9-2-3-10(12(17)7-9)14(20-19)6-8-1-4-11(16)13(18)5-8/h1-5,7,14,20H,6,19H2. The van der Waals surface area contributed by atoms with E-state index in [9.17, 15) is 13.2 Å². The fraction of sp³-hybridized carbons (Fsp3) is 0.143. The normalized spacial score (nSPS) is 12.4. The minimum atomic E-state index is -0.949. The van der Waals surface area contributed by atoms with Gasteiger partial charge < -0.3 is 0 Å². The molecular weight excluding hydrogens is 289 g/mol. The minimum absolute atomic E-state index is 0.215.